The van der Waals surface area contributed by atoms with Crippen molar-refractivity contribution in [3.8, 4) is 17.7 Å². The molecule has 0 saturated heterocycles. The van der Waals surface area contributed by atoms with Gasteiger partial charge in [-0.2, -0.15) is 5.26 Å². The number of anilines is 1. The molecule has 0 amide bonds. The highest BCUT2D eigenvalue weighted by Crippen LogP contribution is 2.33. The fraction of sp³-hybridized carbons (Fsp3) is 0.0769. The molecule has 0 radical (unpaired) electrons. The van der Waals surface area contributed by atoms with Gasteiger partial charge >= 0.3 is 0 Å². The van der Waals surface area contributed by atoms with E-state index in [1.807, 2.05) is 36.6 Å². The number of nitrogen functional groups attached to an aromatic ring is 1. The summed E-state index contributed by atoms with van der Waals surface area (Å²) in [5, 5.41) is 8.89. The molecule has 0 spiro atoms. The molecule has 1 heterocycles. The molecule has 4 nitrogen and oxygen atoms in total. The third kappa shape index (κ3) is 2.39. The van der Waals surface area contributed by atoms with E-state index >= 15 is 0 Å². The Kier molecular flexibility index (Phi) is 3.70. The Morgan fingerprint density at radius 1 is 1.33 bits per heavy atom. The monoisotopic (exact) mass is 257 g/mol. The Balaban J connectivity index is 2.38. The molecule has 1 aromatic heterocycles. The molecule has 0 aliphatic rings. The van der Waals surface area contributed by atoms with Gasteiger partial charge in [-0.05, 0) is 24.5 Å². The smallest absolute Gasteiger partial charge is 0.244 e. The van der Waals surface area contributed by atoms with Gasteiger partial charge < -0.3 is 10.5 Å². The first-order chi connectivity index (χ1) is 8.76. The fourth-order valence-corrected chi connectivity index (χ4v) is 1.97. The number of aromatic nitrogens is 1. The first kappa shape index (κ1) is 12.3. The number of ether oxygens (including phenoxy) is 1. The van der Waals surface area contributed by atoms with Crippen molar-refractivity contribution in [1.82, 2.24) is 4.98 Å². The summed E-state index contributed by atoms with van der Waals surface area (Å²) >= 11 is 1.57. The summed E-state index contributed by atoms with van der Waals surface area (Å²) in [5.74, 6) is 0.940. The van der Waals surface area contributed by atoms with E-state index in [0.29, 0.717) is 11.3 Å². The van der Waals surface area contributed by atoms with E-state index in [-0.39, 0.29) is 11.6 Å². The average Bonchev–Trinajstić information content (AvgIpc) is 2.42. The first-order valence-electron chi connectivity index (χ1n) is 5.21. The number of benzene rings is 1. The molecule has 0 atom stereocenters. The molecule has 0 fully saturated rings. The molecule has 0 bridgehead atoms. The summed E-state index contributed by atoms with van der Waals surface area (Å²) in [5.41, 5.74) is 6.44. The van der Waals surface area contributed by atoms with Gasteiger partial charge in [0.15, 0.2) is 0 Å². The van der Waals surface area contributed by atoms with Crippen molar-refractivity contribution in [1.29, 1.82) is 5.26 Å². The maximum Gasteiger partial charge on any atom is 0.244 e. The van der Waals surface area contributed by atoms with Crippen molar-refractivity contribution in [2.75, 3.05) is 12.0 Å². The van der Waals surface area contributed by atoms with Gasteiger partial charge in [-0.15, -0.1) is 11.8 Å². The highest BCUT2D eigenvalue weighted by molar-refractivity contribution is 7.98. The van der Waals surface area contributed by atoms with Gasteiger partial charge in [0, 0.05) is 11.1 Å². The summed E-state index contributed by atoms with van der Waals surface area (Å²) in [6, 6.07) is 11.2. The largest absolute Gasteiger partial charge is 0.436 e. The highest BCUT2D eigenvalue weighted by atomic mass is 32.2. The van der Waals surface area contributed by atoms with Gasteiger partial charge in [0.25, 0.3) is 0 Å². The van der Waals surface area contributed by atoms with Gasteiger partial charge in [-0.1, -0.05) is 12.1 Å². The SMILES string of the molecule is CSc1ccccc1Oc1nccc(C#N)c1N. The predicted octanol–water partition coefficient (Wildman–Crippen LogP) is 3.05. The van der Waals surface area contributed by atoms with Gasteiger partial charge in [0.1, 0.15) is 17.5 Å². The number of nitrogens with zero attached hydrogens (tertiary/aromatic N) is 2. The van der Waals surface area contributed by atoms with E-state index in [1.165, 1.54) is 6.20 Å². The minimum absolute atomic E-state index is 0.260. The standard InChI is InChI=1S/C13H11N3OS/c1-18-11-5-3-2-4-10(11)17-13-12(15)9(8-14)6-7-16-13/h2-7H,15H2,1H3. The van der Waals surface area contributed by atoms with E-state index in [0.717, 1.165) is 4.90 Å². The maximum absolute atomic E-state index is 8.89. The van der Waals surface area contributed by atoms with E-state index in [1.54, 1.807) is 17.8 Å². The lowest BCUT2D eigenvalue weighted by Crippen LogP contribution is -1.98. The van der Waals surface area contributed by atoms with Crippen molar-refractivity contribution in [3.05, 3.63) is 42.1 Å². The Labute approximate surface area is 109 Å². The van der Waals surface area contributed by atoms with Gasteiger partial charge in [0.2, 0.25) is 5.88 Å². The van der Waals surface area contributed by atoms with Crippen LogP contribution in [0.5, 0.6) is 11.6 Å². The van der Waals surface area contributed by atoms with Crippen LogP contribution >= 0.6 is 11.8 Å². The zero-order valence-electron chi connectivity index (χ0n) is 9.75. The van der Waals surface area contributed by atoms with Gasteiger partial charge in [-0.3, -0.25) is 0 Å². The van der Waals surface area contributed by atoms with Crippen LogP contribution in [0.2, 0.25) is 0 Å². The Bertz CT molecular complexity index is 607. The number of nitrogens with two attached hydrogens (primary N) is 1. The molecular formula is C13H11N3OS. The summed E-state index contributed by atoms with van der Waals surface area (Å²) in [7, 11) is 0. The Morgan fingerprint density at radius 2 is 2.11 bits per heavy atom. The molecule has 0 saturated carbocycles. The number of nitriles is 1. The van der Waals surface area contributed by atoms with Crippen LogP contribution in [0.25, 0.3) is 0 Å². The normalized spacial score (nSPS) is 9.78. The molecule has 0 aliphatic heterocycles. The quantitative estimate of drug-likeness (QED) is 0.855. The highest BCUT2D eigenvalue weighted by Gasteiger charge is 2.10. The summed E-state index contributed by atoms with van der Waals surface area (Å²) < 4.78 is 5.67. The molecule has 1 aromatic carbocycles. The first-order valence-corrected chi connectivity index (χ1v) is 6.44. The lowest BCUT2D eigenvalue weighted by atomic mass is 10.2. The van der Waals surface area contributed by atoms with Crippen LogP contribution in [-0.2, 0) is 0 Å². The van der Waals surface area contributed by atoms with E-state index in [2.05, 4.69) is 4.98 Å². The van der Waals surface area contributed by atoms with E-state index in [4.69, 9.17) is 15.7 Å². The van der Waals surface area contributed by atoms with Crippen LogP contribution < -0.4 is 10.5 Å². The molecule has 2 aromatic rings. The fourth-order valence-electron chi connectivity index (χ4n) is 1.44. The summed E-state index contributed by atoms with van der Waals surface area (Å²) in [4.78, 5) is 5.04. The van der Waals surface area contributed by atoms with Crippen molar-refractivity contribution in [2.45, 2.75) is 4.90 Å². The van der Waals surface area contributed by atoms with Crippen LogP contribution in [0.4, 0.5) is 5.69 Å². The third-order valence-electron chi connectivity index (χ3n) is 2.35. The number of hydrogen-bond donors (Lipinski definition) is 1. The number of thioether (sulfide) groups is 1. The lowest BCUT2D eigenvalue weighted by Gasteiger charge is -2.10. The molecule has 18 heavy (non-hydrogen) atoms. The van der Waals surface area contributed by atoms with Crippen molar-refractivity contribution in [3.63, 3.8) is 0 Å². The van der Waals surface area contributed by atoms with Crippen LogP contribution in [0.15, 0.2) is 41.4 Å². The van der Waals surface area contributed by atoms with Crippen molar-refractivity contribution >= 4 is 17.4 Å². The molecule has 0 aliphatic carbocycles. The number of rotatable bonds is 3. The Morgan fingerprint density at radius 3 is 2.83 bits per heavy atom. The van der Waals surface area contributed by atoms with Gasteiger partial charge in [-0.25, -0.2) is 4.98 Å². The summed E-state index contributed by atoms with van der Waals surface area (Å²) in [6.07, 6.45) is 3.47. The van der Waals surface area contributed by atoms with Crippen LogP contribution in [0, 0.1) is 11.3 Å². The zero-order valence-corrected chi connectivity index (χ0v) is 10.6. The number of hydrogen-bond acceptors (Lipinski definition) is 5. The van der Waals surface area contributed by atoms with Crippen molar-refractivity contribution < 1.29 is 4.74 Å². The lowest BCUT2D eigenvalue weighted by molar-refractivity contribution is 0.454. The minimum atomic E-state index is 0.260. The van der Waals surface area contributed by atoms with Crippen LogP contribution in [0.1, 0.15) is 5.56 Å². The number of para-hydroxylation sites is 1. The molecule has 90 valence electrons. The van der Waals surface area contributed by atoms with Crippen LogP contribution in [-0.4, -0.2) is 11.2 Å². The summed E-state index contributed by atoms with van der Waals surface area (Å²) in [6.45, 7) is 0. The Hall–Kier alpha value is -2.19. The zero-order chi connectivity index (χ0) is 13.0. The molecule has 2 N–H and O–H groups in total. The van der Waals surface area contributed by atoms with E-state index in [9.17, 15) is 0 Å². The minimum Gasteiger partial charge on any atom is -0.436 e. The number of pyridine rings is 1. The molecular weight excluding hydrogens is 246 g/mol. The second-order valence-corrected chi connectivity index (χ2v) is 4.29. The molecule has 2 rings (SSSR count). The molecule has 5 heteroatoms. The van der Waals surface area contributed by atoms with E-state index < -0.39 is 0 Å². The second-order valence-electron chi connectivity index (χ2n) is 3.44. The van der Waals surface area contributed by atoms with Crippen molar-refractivity contribution in [2.24, 2.45) is 0 Å². The predicted molar refractivity (Wildman–Crippen MR) is 71.7 cm³/mol. The maximum atomic E-state index is 8.89. The topological polar surface area (TPSA) is 71.9 Å². The van der Waals surface area contributed by atoms with Gasteiger partial charge in [0.05, 0.1) is 5.56 Å². The second kappa shape index (κ2) is 5.43. The van der Waals surface area contributed by atoms with Crippen LogP contribution in [0.3, 0.4) is 0 Å². The average molecular weight is 257 g/mol. The third-order valence-corrected chi connectivity index (χ3v) is 3.13. The molecule has 0 unspecified atom stereocenters.